The van der Waals surface area contributed by atoms with Crippen molar-refractivity contribution < 1.29 is 28.4 Å². The molecule has 1 aliphatic heterocycles. The molecule has 1 fully saturated rings. The minimum atomic E-state index is 0.571. The van der Waals surface area contributed by atoms with Gasteiger partial charge in [-0.2, -0.15) is 10.2 Å². The molecule has 0 spiro atoms. The lowest BCUT2D eigenvalue weighted by Gasteiger charge is -2.33. The van der Waals surface area contributed by atoms with Gasteiger partial charge in [-0.25, -0.2) is 0 Å². The van der Waals surface area contributed by atoms with Gasteiger partial charge in [0.2, 0.25) is 11.5 Å². The minimum absolute atomic E-state index is 0.571. The summed E-state index contributed by atoms with van der Waals surface area (Å²) in [5.41, 5.74) is 5.90. The van der Waals surface area contributed by atoms with Crippen LogP contribution in [0.5, 0.6) is 34.5 Å². The van der Waals surface area contributed by atoms with E-state index in [-0.39, 0.29) is 0 Å². The monoisotopic (exact) mass is 606 g/mol. The van der Waals surface area contributed by atoms with E-state index in [4.69, 9.17) is 38.6 Å². The summed E-state index contributed by atoms with van der Waals surface area (Å²) in [5.74, 6) is 3.60. The molecule has 1 aliphatic rings. The van der Waals surface area contributed by atoms with Crippen molar-refractivity contribution in [2.24, 2.45) is 14.1 Å². The van der Waals surface area contributed by atoms with E-state index < -0.39 is 0 Å². The van der Waals surface area contributed by atoms with Crippen LogP contribution in [0.4, 0.5) is 0 Å². The van der Waals surface area contributed by atoms with Crippen LogP contribution in [-0.4, -0.2) is 98.2 Å². The van der Waals surface area contributed by atoms with Crippen LogP contribution in [0.15, 0.2) is 36.4 Å². The van der Waals surface area contributed by atoms with Crippen molar-refractivity contribution in [2.75, 3.05) is 68.8 Å². The second kappa shape index (κ2) is 13.5. The number of hydrogen-bond acceptors (Lipinski definition) is 10. The third-order valence-corrected chi connectivity index (χ3v) is 8.02. The summed E-state index contributed by atoms with van der Waals surface area (Å²) in [6.45, 7) is 5.35. The first-order valence-electron chi connectivity index (χ1n) is 14.4. The van der Waals surface area contributed by atoms with Crippen LogP contribution in [0.25, 0.3) is 22.5 Å². The maximum atomic E-state index is 5.55. The Kier molecular flexibility index (Phi) is 9.50. The van der Waals surface area contributed by atoms with Gasteiger partial charge >= 0.3 is 0 Å². The van der Waals surface area contributed by atoms with E-state index in [2.05, 4.69) is 21.9 Å². The summed E-state index contributed by atoms with van der Waals surface area (Å²) in [5, 5.41) is 9.62. The van der Waals surface area contributed by atoms with Gasteiger partial charge in [0.15, 0.2) is 23.0 Å². The highest BCUT2D eigenvalue weighted by Crippen LogP contribution is 2.42. The average Bonchev–Trinajstić information content (AvgIpc) is 3.60. The molecule has 0 amide bonds. The van der Waals surface area contributed by atoms with Gasteiger partial charge in [0, 0.05) is 64.5 Å². The van der Waals surface area contributed by atoms with Crippen LogP contribution in [0.2, 0.25) is 0 Å². The number of nitrogens with zero attached hydrogens (tertiary/aromatic N) is 6. The normalized spacial score (nSPS) is 14.0. The predicted molar refractivity (Wildman–Crippen MR) is 167 cm³/mol. The Balaban J connectivity index is 1.22. The van der Waals surface area contributed by atoms with E-state index in [0.717, 1.165) is 73.2 Å². The van der Waals surface area contributed by atoms with Crippen LogP contribution in [-0.2, 0) is 27.2 Å². The molecule has 3 heterocycles. The van der Waals surface area contributed by atoms with Crippen molar-refractivity contribution in [3.63, 3.8) is 0 Å². The fourth-order valence-electron chi connectivity index (χ4n) is 5.77. The molecule has 0 unspecified atom stereocenters. The first-order valence-corrected chi connectivity index (χ1v) is 14.4. The largest absolute Gasteiger partial charge is 0.493 e. The SMILES string of the molecule is COc1cc(-c2cc(CN3CCN(Cc4cc(-c5cc(OC)c(OC)c(OC)c5)n(C)n4)CC3)nn2C)cc(OC)c1OC. The molecule has 0 saturated carbocycles. The van der Waals surface area contributed by atoms with Crippen molar-refractivity contribution in [2.45, 2.75) is 13.1 Å². The number of rotatable bonds is 12. The lowest BCUT2D eigenvalue weighted by Crippen LogP contribution is -2.45. The third-order valence-electron chi connectivity index (χ3n) is 8.02. The molecule has 0 radical (unpaired) electrons. The van der Waals surface area contributed by atoms with Gasteiger partial charge in [-0.05, 0) is 36.4 Å². The number of aromatic nitrogens is 4. The molecule has 0 aliphatic carbocycles. The Hall–Kier alpha value is -4.42. The van der Waals surface area contributed by atoms with Gasteiger partial charge in [-0.15, -0.1) is 0 Å². The predicted octanol–water partition coefficient (Wildman–Crippen LogP) is 3.86. The molecule has 4 aromatic rings. The van der Waals surface area contributed by atoms with Crippen LogP contribution in [0.3, 0.4) is 0 Å². The van der Waals surface area contributed by atoms with Crippen LogP contribution < -0.4 is 28.4 Å². The molecule has 44 heavy (non-hydrogen) atoms. The maximum absolute atomic E-state index is 5.55. The minimum Gasteiger partial charge on any atom is -0.493 e. The highest BCUT2D eigenvalue weighted by molar-refractivity contribution is 5.70. The van der Waals surface area contributed by atoms with Crippen molar-refractivity contribution in [3.05, 3.63) is 47.8 Å². The molecule has 12 heteroatoms. The molecule has 12 nitrogen and oxygen atoms in total. The molecular weight excluding hydrogens is 564 g/mol. The lowest BCUT2D eigenvalue weighted by molar-refractivity contribution is 0.119. The molecule has 2 aromatic heterocycles. The summed E-state index contributed by atoms with van der Waals surface area (Å²) < 4.78 is 37.0. The van der Waals surface area contributed by atoms with E-state index in [1.165, 1.54) is 0 Å². The summed E-state index contributed by atoms with van der Waals surface area (Å²) in [6.07, 6.45) is 0. The average molecular weight is 607 g/mol. The fourth-order valence-corrected chi connectivity index (χ4v) is 5.77. The standard InChI is InChI=1S/C32H42N6O6/c1-35-25(21-13-27(39-3)31(43-7)28(14-21)40-4)17-23(33-35)19-37-9-11-38(12-10-37)20-24-18-26(36(2)34-24)22-15-29(41-5)32(44-8)30(16-22)42-6/h13-18H,9-12,19-20H2,1-8H3. The summed E-state index contributed by atoms with van der Waals surface area (Å²) in [7, 11) is 13.6. The van der Waals surface area contributed by atoms with Crippen molar-refractivity contribution in [1.82, 2.24) is 29.4 Å². The van der Waals surface area contributed by atoms with Gasteiger partial charge < -0.3 is 28.4 Å². The number of hydrogen-bond donors (Lipinski definition) is 0. The highest BCUT2D eigenvalue weighted by atomic mass is 16.5. The summed E-state index contributed by atoms with van der Waals surface area (Å²) in [6, 6.07) is 12.1. The van der Waals surface area contributed by atoms with E-state index in [0.29, 0.717) is 34.5 Å². The zero-order valence-corrected chi connectivity index (χ0v) is 26.8. The van der Waals surface area contributed by atoms with Crippen molar-refractivity contribution >= 4 is 0 Å². The second-order valence-corrected chi connectivity index (χ2v) is 10.7. The van der Waals surface area contributed by atoms with Crippen LogP contribution >= 0.6 is 0 Å². The molecule has 1 saturated heterocycles. The molecule has 0 N–H and O–H groups in total. The van der Waals surface area contributed by atoms with E-state index in [1.807, 2.05) is 47.7 Å². The third kappa shape index (κ3) is 6.27. The van der Waals surface area contributed by atoms with E-state index in [9.17, 15) is 0 Å². The number of aryl methyl sites for hydroxylation is 2. The Morgan fingerprint density at radius 3 is 1.09 bits per heavy atom. The number of methoxy groups -OCH3 is 6. The Labute approximate surface area is 258 Å². The Morgan fingerprint density at radius 2 is 0.818 bits per heavy atom. The van der Waals surface area contributed by atoms with Gasteiger partial charge in [-0.3, -0.25) is 19.2 Å². The van der Waals surface area contributed by atoms with Crippen molar-refractivity contribution in [1.29, 1.82) is 0 Å². The summed E-state index contributed by atoms with van der Waals surface area (Å²) in [4.78, 5) is 4.88. The van der Waals surface area contributed by atoms with E-state index >= 15 is 0 Å². The lowest BCUT2D eigenvalue weighted by atomic mass is 10.1. The zero-order valence-electron chi connectivity index (χ0n) is 26.8. The first-order chi connectivity index (χ1) is 21.3. The molecule has 5 rings (SSSR count). The molecule has 0 bridgehead atoms. The van der Waals surface area contributed by atoms with Gasteiger partial charge in [0.05, 0.1) is 65.4 Å². The molecule has 2 aromatic carbocycles. The van der Waals surface area contributed by atoms with E-state index in [1.54, 1.807) is 42.7 Å². The Bertz CT molecular complexity index is 1420. The van der Waals surface area contributed by atoms with Gasteiger partial charge in [0.1, 0.15) is 0 Å². The fraction of sp³-hybridized carbons (Fsp3) is 0.438. The quantitative estimate of drug-likeness (QED) is 0.237. The topological polar surface area (TPSA) is 97.5 Å². The first kappa shape index (κ1) is 31.0. The van der Waals surface area contributed by atoms with Gasteiger partial charge in [0.25, 0.3) is 0 Å². The van der Waals surface area contributed by atoms with Crippen LogP contribution in [0.1, 0.15) is 11.4 Å². The number of piperazine rings is 1. The molecule has 236 valence electrons. The summed E-state index contributed by atoms with van der Waals surface area (Å²) >= 11 is 0. The Morgan fingerprint density at radius 1 is 0.500 bits per heavy atom. The number of ether oxygens (including phenoxy) is 6. The smallest absolute Gasteiger partial charge is 0.203 e. The molecule has 0 atom stereocenters. The number of benzene rings is 2. The second-order valence-electron chi connectivity index (χ2n) is 10.7. The van der Waals surface area contributed by atoms with Crippen LogP contribution in [0, 0.1) is 0 Å². The highest BCUT2D eigenvalue weighted by Gasteiger charge is 2.22. The maximum Gasteiger partial charge on any atom is 0.203 e. The van der Waals surface area contributed by atoms with Crippen molar-refractivity contribution in [3.8, 4) is 57.0 Å². The molecular formula is C32H42N6O6. The zero-order chi connectivity index (χ0) is 31.4. The van der Waals surface area contributed by atoms with Gasteiger partial charge in [-0.1, -0.05) is 0 Å².